The summed E-state index contributed by atoms with van der Waals surface area (Å²) in [4.78, 5) is 12.1. The molecule has 0 fully saturated rings. The highest BCUT2D eigenvalue weighted by Crippen LogP contribution is 2.31. The third-order valence-corrected chi connectivity index (χ3v) is 4.46. The largest absolute Gasteiger partial charge is 0.459 e. The molecule has 0 radical (unpaired) electrons. The molecule has 1 N–H and O–H groups in total. The van der Waals surface area contributed by atoms with Crippen molar-refractivity contribution in [2.75, 3.05) is 0 Å². The quantitative estimate of drug-likeness (QED) is 0.562. The van der Waals surface area contributed by atoms with Crippen LogP contribution in [0.2, 0.25) is 10.0 Å². The third kappa shape index (κ3) is 4.01. The normalized spacial score (nSPS) is 10.6. The molecule has 1 aromatic heterocycles. The molecule has 1 amide bonds. The fraction of sp³-hybridized carbons (Fsp3) is 0.0556. The van der Waals surface area contributed by atoms with E-state index in [4.69, 9.17) is 27.6 Å². The Bertz CT molecular complexity index is 875. The van der Waals surface area contributed by atoms with Gasteiger partial charge >= 0.3 is 0 Å². The molecule has 0 saturated carbocycles. The van der Waals surface area contributed by atoms with Crippen LogP contribution in [0.25, 0.3) is 11.3 Å². The summed E-state index contributed by atoms with van der Waals surface area (Å²) in [7, 11) is 0. The average molecular weight is 425 g/mol. The van der Waals surface area contributed by atoms with Gasteiger partial charge in [0.2, 0.25) is 0 Å². The van der Waals surface area contributed by atoms with E-state index in [1.54, 1.807) is 30.3 Å². The number of carbonyl (C=O) groups is 1. The standard InChI is InChI=1S/C18H12BrCl2NO2/c19-12-3-1-11(2-4-12)18(23)22-10-14-6-8-17(24-14)15-7-5-13(20)9-16(15)21/h1-9H,10H2,(H,22,23). The van der Waals surface area contributed by atoms with Gasteiger partial charge in [-0.25, -0.2) is 0 Å². The minimum Gasteiger partial charge on any atom is -0.459 e. The Kier molecular flexibility index (Phi) is 5.29. The van der Waals surface area contributed by atoms with E-state index < -0.39 is 0 Å². The van der Waals surface area contributed by atoms with Crippen LogP contribution in [0.4, 0.5) is 0 Å². The number of rotatable bonds is 4. The molecule has 0 aliphatic rings. The number of benzene rings is 2. The lowest BCUT2D eigenvalue weighted by molar-refractivity contribution is 0.0948. The molecular weight excluding hydrogens is 413 g/mol. The average Bonchev–Trinajstić information content (AvgIpc) is 3.02. The number of hydrogen-bond donors (Lipinski definition) is 1. The summed E-state index contributed by atoms with van der Waals surface area (Å²) >= 11 is 15.4. The first kappa shape index (κ1) is 17.1. The van der Waals surface area contributed by atoms with Crippen molar-refractivity contribution in [3.05, 3.63) is 80.4 Å². The van der Waals surface area contributed by atoms with Crippen molar-refractivity contribution in [1.29, 1.82) is 0 Å². The molecule has 2 aromatic carbocycles. The highest BCUT2D eigenvalue weighted by Gasteiger charge is 2.11. The van der Waals surface area contributed by atoms with Crippen molar-refractivity contribution in [3.63, 3.8) is 0 Å². The summed E-state index contributed by atoms with van der Waals surface area (Å²) < 4.78 is 6.67. The number of halogens is 3. The van der Waals surface area contributed by atoms with E-state index in [2.05, 4.69) is 21.2 Å². The lowest BCUT2D eigenvalue weighted by Gasteiger charge is -2.04. The Morgan fingerprint density at radius 2 is 1.79 bits per heavy atom. The molecule has 1 heterocycles. The molecule has 24 heavy (non-hydrogen) atoms. The van der Waals surface area contributed by atoms with Crippen molar-refractivity contribution < 1.29 is 9.21 Å². The molecule has 0 aliphatic carbocycles. The van der Waals surface area contributed by atoms with Gasteiger partial charge in [-0.3, -0.25) is 4.79 Å². The van der Waals surface area contributed by atoms with E-state index in [1.165, 1.54) is 0 Å². The maximum absolute atomic E-state index is 12.1. The van der Waals surface area contributed by atoms with Crippen LogP contribution in [0.3, 0.4) is 0 Å². The van der Waals surface area contributed by atoms with Gasteiger partial charge in [-0.2, -0.15) is 0 Å². The Morgan fingerprint density at radius 3 is 2.50 bits per heavy atom. The predicted octanol–water partition coefficient (Wildman–Crippen LogP) is 5.95. The maximum atomic E-state index is 12.1. The van der Waals surface area contributed by atoms with Crippen molar-refractivity contribution in [2.24, 2.45) is 0 Å². The van der Waals surface area contributed by atoms with Gasteiger partial charge in [0.25, 0.3) is 5.91 Å². The predicted molar refractivity (Wildman–Crippen MR) is 99.5 cm³/mol. The zero-order valence-corrected chi connectivity index (χ0v) is 15.5. The molecule has 6 heteroatoms. The lowest BCUT2D eigenvalue weighted by Crippen LogP contribution is -2.22. The molecule has 122 valence electrons. The van der Waals surface area contributed by atoms with Crippen molar-refractivity contribution in [1.82, 2.24) is 5.32 Å². The topological polar surface area (TPSA) is 42.2 Å². The van der Waals surface area contributed by atoms with Crippen molar-refractivity contribution >= 4 is 45.0 Å². The van der Waals surface area contributed by atoms with Gasteiger partial charge in [0.15, 0.2) is 0 Å². The highest BCUT2D eigenvalue weighted by molar-refractivity contribution is 9.10. The van der Waals surface area contributed by atoms with Gasteiger partial charge in [0.1, 0.15) is 11.5 Å². The van der Waals surface area contributed by atoms with Gasteiger partial charge in [-0.15, -0.1) is 0 Å². The summed E-state index contributed by atoms with van der Waals surface area (Å²) in [6.45, 7) is 0.292. The van der Waals surface area contributed by atoms with Gasteiger partial charge in [-0.05, 0) is 54.6 Å². The number of amides is 1. The van der Waals surface area contributed by atoms with E-state index in [0.29, 0.717) is 33.7 Å². The molecule has 0 bridgehead atoms. The fourth-order valence-corrected chi connectivity index (χ4v) is 2.94. The van der Waals surface area contributed by atoms with Crippen molar-refractivity contribution in [3.8, 4) is 11.3 Å². The van der Waals surface area contributed by atoms with Crippen LogP contribution >= 0.6 is 39.1 Å². The second-order valence-corrected chi connectivity index (χ2v) is 6.84. The zero-order valence-electron chi connectivity index (χ0n) is 12.4. The van der Waals surface area contributed by atoms with Crippen LogP contribution in [-0.2, 0) is 6.54 Å². The molecular formula is C18H12BrCl2NO2. The number of carbonyl (C=O) groups excluding carboxylic acids is 1. The summed E-state index contributed by atoms with van der Waals surface area (Å²) in [5.41, 5.74) is 1.34. The molecule has 0 saturated heterocycles. The second kappa shape index (κ2) is 7.43. The molecule has 0 spiro atoms. The number of nitrogens with one attached hydrogen (secondary N) is 1. The summed E-state index contributed by atoms with van der Waals surface area (Å²) in [5.74, 6) is 1.11. The Morgan fingerprint density at radius 1 is 1.04 bits per heavy atom. The molecule has 3 aromatic rings. The van der Waals surface area contributed by atoms with E-state index in [0.717, 1.165) is 10.0 Å². The highest BCUT2D eigenvalue weighted by atomic mass is 79.9. The summed E-state index contributed by atoms with van der Waals surface area (Å²) in [6, 6.07) is 16.0. The monoisotopic (exact) mass is 423 g/mol. The third-order valence-electron chi connectivity index (χ3n) is 3.39. The Balaban J connectivity index is 1.68. The van der Waals surface area contributed by atoms with E-state index in [1.807, 2.05) is 24.3 Å². The van der Waals surface area contributed by atoms with E-state index in [-0.39, 0.29) is 5.91 Å². The molecule has 0 unspecified atom stereocenters. The Labute approximate surface area is 157 Å². The van der Waals surface area contributed by atoms with Crippen LogP contribution in [0.1, 0.15) is 16.1 Å². The van der Waals surface area contributed by atoms with Gasteiger partial charge in [0, 0.05) is 20.6 Å². The first-order valence-electron chi connectivity index (χ1n) is 7.11. The van der Waals surface area contributed by atoms with Gasteiger partial charge in [0.05, 0.1) is 11.6 Å². The SMILES string of the molecule is O=C(NCc1ccc(-c2ccc(Cl)cc2Cl)o1)c1ccc(Br)cc1. The fourth-order valence-electron chi connectivity index (χ4n) is 2.18. The molecule has 3 nitrogen and oxygen atoms in total. The van der Waals surface area contributed by atoms with Crippen LogP contribution in [0, 0.1) is 0 Å². The van der Waals surface area contributed by atoms with Crippen LogP contribution in [0.15, 0.2) is 63.5 Å². The number of furan rings is 1. The smallest absolute Gasteiger partial charge is 0.251 e. The minimum atomic E-state index is -0.162. The lowest BCUT2D eigenvalue weighted by atomic mass is 10.2. The second-order valence-electron chi connectivity index (χ2n) is 5.08. The van der Waals surface area contributed by atoms with Crippen LogP contribution in [-0.4, -0.2) is 5.91 Å². The van der Waals surface area contributed by atoms with Crippen LogP contribution < -0.4 is 5.32 Å². The van der Waals surface area contributed by atoms with Crippen molar-refractivity contribution in [2.45, 2.75) is 6.54 Å². The first-order valence-corrected chi connectivity index (χ1v) is 8.66. The molecule has 0 atom stereocenters. The van der Waals surface area contributed by atoms with E-state index in [9.17, 15) is 4.79 Å². The van der Waals surface area contributed by atoms with Crippen LogP contribution in [0.5, 0.6) is 0 Å². The summed E-state index contributed by atoms with van der Waals surface area (Å²) in [6.07, 6.45) is 0. The number of hydrogen-bond acceptors (Lipinski definition) is 2. The molecule has 3 rings (SSSR count). The maximum Gasteiger partial charge on any atom is 0.251 e. The zero-order chi connectivity index (χ0) is 17.1. The summed E-state index contributed by atoms with van der Waals surface area (Å²) in [5, 5.41) is 3.90. The first-order chi connectivity index (χ1) is 11.5. The minimum absolute atomic E-state index is 0.162. The van der Waals surface area contributed by atoms with Gasteiger partial charge < -0.3 is 9.73 Å². The molecule has 0 aliphatic heterocycles. The van der Waals surface area contributed by atoms with E-state index >= 15 is 0 Å². The van der Waals surface area contributed by atoms with Gasteiger partial charge in [-0.1, -0.05) is 39.1 Å². The Hall–Kier alpha value is -1.75.